The molecule has 12 heteroatoms. The number of amides is 3. The molecule has 0 spiro atoms. The molecule has 0 aliphatic carbocycles. The van der Waals surface area contributed by atoms with Gasteiger partial charge in [-0.25, -0.2) is 4.79 Å². The smallest absolute Gasteiger partial charge is 0.475 e. The van der Waals surface area contributed by atoms with E-state index in [2.05, 4.69) is 10.3 Å². The highest BCUT2D eigenvalue weighted by Gasteiger charge is 2.39. The number of piperidine rings is 1. The highest BCUT2D eigenvalue weighted by atomic mass is 19.4. The van der Waals surface area contributed by atoms with Gasteiger partial charge in [0, 0.05) is 38.2 Å². The summed E-state index contributed by atoms with van der Waals surface area (Å²) in [6.45, 7) is 0.365. The van der Waals surface area contributed by atoms with Crippen LogP contribution in [-0.4, -0.2) is 65.0 Å². The van der Waals surface area contributed by atoms with Crippen LogP contribution in [0.2, 0.25) is 0 Å². The van der Waals surface area contributed by atoms with Gasteiger partial charge in [0.1, 0.15) is 6.04 Å². The molecule has 0 bridgehead atoms. The number of fused-ring (bicyclic) bond motifs is 1. The van der Waals surface area contributed by atoms with Gasteiger partial charge in [0.05, 0.1) is 17.6 Å². The second-order valence-electron chi connectivity index (χ2n) is 7.87. The van der Waals surface area contributed by atoms with Crippen molar-refractivity contribution >= 4 is 29.4 Å². The zero-order chi connectivity index (χ0) is 25.2. The third-order valence-corrected chi connectivity index (χ3v) is 5.33. The fraction of sp³-hybridized carbons (Fsp3) is 0.318. The number of hydrogen-bond acceptors (Lipinski definition) is 6. The number of rotatable bonds is 3. The standard InChI is InChI=1S/C20H20N4O3.C2HF3O2/c1-23(2)14-4-6-16(21-10-14)12-3-5-15-13(9-12)11-24(20(15)27)17-7-8-18(25)22-19(17)26;3-2(4,5)1(6)7/h3-6,9-10,17H,7-8,11H2,1-2H3,(H,22,25,26);(H,6,7). The maximum atomic E-state index is 12.7. The van der Waals surface area contributed by atoms with Gasteiger partial charge in [-0.3, -0.25) is 24.7 Å². The summed E-state index contributed by atoms with van der Waals surface area (Å²) in [7, 11) is 3.92. The van der Waals surface area contributed by atoms with Crippen LogP contribution in [0.1, 0.15) is 28.8 Å². The lowest BCUT2D eigenvalue weighted by molar-refractivity contribution is -0.192. The number of alkyl halides is 3. The number of benzene rings is 1. The third kappa shape index (κ3) is 5.33. The van der Waals surface area contributed by atoms with Gasteiger partial charge in [-0.15, -0.1) is 0 Å². The van der Waals surface area contributed by atoms with Gasteiger partial charge in [0.2, 0.25) is 11.8 Å². The first kappa shape index (κ1) is 24.7. The second kappa shape index (κ2) is 9.49. The highest BCUT2D eigenvalue weighted by molar-refractivity contribution is 6.05. The third-order valence-electron chi connectivity index (χ3n) is 5.33. The summed E-state index contributed by atoms with van der Waals surface area (Å²) in [5.41, 5.74) is 4.25. The summed E-state index contributed by atoms with van der Waals surface area (Å²) < 4.78 is 31.7. The van der Waals surface area contributed by atoms with Crippen LogP contribution in [0.25, 0.3) is 11.3 Å². The highest BCUT2D eigenvalue weighted by Crippen LogP contribution is 2.31. The molecule has 1 aromatic heterocycles. The molecule has 34 heavy (non-hydrogen) atoms. The Morgan fingerprint density at radius 1 is 1.18 bits per heavy atom. The molecular formula is C22H21F3N4O5. The van der Waals surface area contributed by atoms with Gasteiger partial charge in [-0.2, -0.15) is 13.2 Å². The van der Waals surface area contributed by atoms with E-state index in [1.165, 1.54) is 0 Å². The van der Waals surface area contributed by atoms with Crippen molar-refractivity contribution in [2.75, 3.05) is 19.0 Å². The van der Waals surface area contributed by atoms with Crippen molar-refractivity contribution in [1.82, 2.24) is 15.2 Å². The Morgan fingerprint density at radius 2 is 1.85 bits per heavy atom. The number of nitrogens with zero attached hydrogens (tertiary/aromatic N) is 3. The van der Waals surface area contributed by atoms with Gasteiger partial charge in [-0.1, -0.05) is 6.07 Å². The summed E-state index contributed by atoms with van der Waals surface area (Å²) in [6, 6.07) is 8.98. The van der Waals surface area contributed by atoms with Crippen LogP contribution in [0.4, 0.5) is 18.9 Å². The molecule has 3 heterocycles. The van der Waals surface area contributed by atoms with Crippen molar-refractivity contribution in [3.05, 3.63) is 47.7 Å². The van der Waals surface area contributed by atoms with Gasteiger partial charge < -0.3 is 14.9 Å². The predicted octanol–water partition coefficient (Wildman–Crippen LogP) is 2.21. The van der Waals surface area contributed by atoms with E-state index in [4.69, 9.17) is 9.90 Å². The molecule has 4 rings (SSSR count). The molecule has 1 atom stereocenters. The van der Waals surface area contributed by atoms with Crippen molar-refractivity contribution in [3.8, 4) is 11.3 Å². The lowest BCUT2D eigenvalue weighted by atomic mass is 10.0. The molecule has 180 valence electrons. The Morgan fingerprint density at radius 3 is 2.38 bits per heavy atom. The van der Waals surface area contributed by atoms with Gasteiger partial charge in [0.25, 0.3) is 5.91 Å². The number of carboxylic acid groups (broad SMARTS) is 1. The topological polar surface area (TPSA) is 120 Å². The van der Waals surface area contributed by atoms with Crippen LogP contribution in [0.15, 0.2) is 36.5 Å². The van der Waals surface area contributed by atoms with E-state index in [9.17, 15) is 27.6 Å². The quantitative estimate of drug-likeness (QED) is 0.649. The lowest BCUT2D eigenvalue weighted by Crippen LogP contribution is -2.52. The zero-order valence-corrected chi connectivity index (χ0v) is 18.2. The van der Waals surface area contributed by atoms with E-state index in [1.54, 1.807) is 11.0 Å². The SMILES string of the molecule is CN(C)c1ccc(-c2ccc3c(c2)CN(C2CCC(=O)NC2=O)C3=O)nc1.O=C(O)C(F)(F)F. The van der Waals surface area contributed by atoms with E-state index >= 15 is 0 Å². The minimum Gasteiger partial charge on any atom is -0.475 e. The van der Waals surface area contributed by atoms with E-state index in [0.717, 1.165) is 22.5 Å². The number of anilines is 1. The first-order chi connectivity index (χ1) is 15.9. The molecule has 1 unspecified atom stereocenters. The maximum absolute atomic E-state index is 12.7. The Labute approximate surface area is 192 Å². The molecule has 0 radical (unpaired) electrons. The van der Waals surface area contributed by atoms with Crippen molar-refractivity contribution in [3.63, 3.8) is 0 Å². The molecular weight excluding hydrogens is 457 g/mol. The van der Waals surface area contributed by atoms with Gasteiger partial charge >= 0.3 is 12.1 Å². The second-order valence-corrected chi connectivity index (χ2v) is 7.87. The average molecular weight is 478 g/mol. The molecule has 1 fully saturated rings. The molecule has 2 aliphatic rings. The van der Waals surface area contributed by atoms with Gasteiger partial charge in [0.15, 0.2) is 0 Å². The number of aromatic nitrogens is 1. The molecule has 2 N–H and O–H groups in total. The molecule has 0 saturated carbocycles. The molecule has 2 aromatic rings. The van der Waals surface area contributed by atoms with Crippen LogP contribution in [0.5, 0.6) is 0 Å². The van der Waals surface area contributed by atoms with E-state index in [1.807, 2.05) is 49.5 Å². The Kier molecular flexibility index (Phi) is 6.89. The fourth-order valence-electron chi connectivity index (χ4n) is 3.56. The van der Waals surface area contributed by atoms with E-state index < -0.39 is 24.1 Å². The number of carbonyl (C=O) groups excluding carboxylic acids is 3. The minimum absolute atomic E-state index is 0.165. The first-order valence-electron chi connectivity index (χ1n) is 10.1. The molecule has 2 aliphatic heterocycles. The van der Waals surface area contributed by atoms with Crippen LogP contribution < -0.4 is 10.2 Å². The molecule has 3 amide bonds. The lowest BCUT2D eigenvalue weighted by Gasteiger charge is -2.29. The average Bonchev–Trinajstić information content (AvgIpc) is 3.09. The van der Waals surface area contributed by atoms with Gasteiger partial charge in [-0.05, 0) is 36.2 Å². The summed E-state index contributed by atoms with van der Waals surface area (Å²) >= 11 is 0. The Hall–Kier alpha value is -3.96. The number of aliphatic carboxylic acids is 1. The summed E-state index contributed by atoms with van der Waals surface area (Å²) in [5.74, 6) is -3.60. The van der Waals surface area contributed by atoms with Crippen molar-refractivity contribution in [1.29, 1.82) is 0 Å². The molecule has 1 saturated heterocycles. The van der Waals surface area contributed by atoms with Crippen LogP contribution in [-0.2, 0) is 20.9 Å². The molecule has 9 nitrogen and oxygen atoms in total. The Balaban J connectivity index is 0.000000406. The number of imide groups is 1. The number of halogens is 3. The van der Waals surface area contributed by atoms with Crippen LogP contribution in [0.3, 0.4) is 0 Å². The molecule has 1 aromatic carbocycles. The summed E-state index contributed by atoms with van der Waals surface area (Å²) in [4.78, 5) is 53.1. The monoisotopic (exact) mass is 478 g/mol. The fourth-order valence-corrected chi connectivity index (χ4v) is 3.56. The summed E-state index contributed by atoms with van der Waals surface area (Å²) in [5, 5.41) is 9.44. The van der Waals surface area contributed by atoms with Crippen LogP contribution >= 0.6 is 0 Å². The van der Waals surface area contributed by atoms with Crippen molar-refractivity contribution < 1.29 is 37.5 Å². The summed E-state index contributed by atoms with van der Waals surface area (Å²) in [6.07, 6.45) is -2.65. The zero-order valence-electron chi connectivity index (χ0n) is 18.2. The van der Waals surface area contributed by atoms with E-state index in [-0.39, 0.29) is 18.2 Å². The number of nitrogens with one attached hydrogen (secondary N) is 1. The van der Waals surface area contributed by atoms with Crippen molar-refractivity contribution in [2.45, 2.75) is 31.6 Å². The van der Waals surface area contributed by atoms with Crippen LogP contribution in [0, 0.1) is 0 Å². The Bertz CT molecular complexity index is 1130. The largest absolute Gasteiger partial charge is 0.490 e. The minimum atomic E-state index is -5.08. The normalized spacial score (nSPS) is 17.5. The number of pyridine rings is 1. The first-order valence-corrected chi connectivity index (χ1v) is 10.1. The van der Waals surface area contributed by atoms with Crippen molar-refractivity contribution in [2.24, 2.45) is 0 Å². The van der Waals surface area contributed by atoms with E-state index in [0.29, 0.717) is 18.5 Å². The number of carboxylic acids is 1. The number of carbonyl (C=O) groups is 4. The predicted molar refractivity (Wildman–Crippen MR) is 114 cm³/mol. The maximum Gasteiger partial charge on any atom is 0.490 e. The number of hydrogen-bond donors (Lipinski definition) is 2.